The van der Waals surface area contributed by atoms with Gasteiger partial charge in [-0.05, 0) is 32.9 Å². The Labute approximate surface area is 102 Å². The molecule has 2 N–H and O–H groups in total. The Bertz CT molecular complexity index is 416. The SMILES string of the molecule is CC(C)(C)OCCOc1cc(C#N)ccc1N. The van der Waals surface area contributed by atoms with Gasteiger partial charge in [-0.25, -0.2) is 0 Å². The van der Waals surface area contributed by atoms with Crippen molar-refractivity contribution >= 4 is 5.69 Å². The van der Waals surface area contributed by atoms with Gasteiger partial charge in [-0.15, -0.1) is 0 Å². The Morgan fingerprint density at radius 1 is 1.29 bits per heavy atom. The van der Waals surface area contributed by atoms with E-state index < -0.39 is 0 Å². The lowest BCUT2D eigenvalue weighted by atomic mass is 10.2. The molecular weight excluding hydrogens is 216 g/mol. The lowest BCUT2D eigenvalue weighted by Crippen LogP contribution is -2.22. The quantitative estimate of drug-likeness (QED) is 0.641. The molecule has 0 atom stereocenters. The number of nitrogens with two attached hydrogens (primary N) is 1. The van der Waals surface area contributed by atoms with Crippen molar-refractivity contribution in [3.8, 4) is 11.8 Å². The fourth-order valence-corrected chi connectivity index (χ4v) is 1.23. The largest absolute Gasteiger partial charge is 0.489 e. The zero-order valence-electron chi connectivity index (χ0n) is 10.5. The van der Waals surface area contributed by atoms with Crippen molar-refractivity contribution in [1.29, 1.82) is 5.26 Å². The molecule has 0 aromatic heterocycles. The number of rotatable bonds is 4. The molecule has 1 rings (SSSR count). The molecule has 0 spiro atoms. The predicted molar refractivity (Wildman–Crippen MR) is 66.8 cm³/mol. The molecule has 0 unspecified atom stereocenters. The summed E-state index contributed by atoms with van der Waals surface area (Å²) >= 11 is 0. The smallest absolute Gasteiger partial charge is 0.143 e. The number of anilines is 1. The molecule has 0 radical (unpaired) electrons. The maximum Gasteiger partial charge on any atom is 0.143 e. The molecule has 4 nitrogen and oxygen atoms in total. The molecule has 0 aliphatic carbocycles. The van der Waals surface area contributed by atoms with Crippen LogP contribution in [0.4, 0.5) is 5.69 Å². The number of benzene rings is 1. The zero-order chi connectivity index (χ0) is 12.9. The monoisotopic (exact) mass is 234 g/mol. The first-order valence-electron chi connectivity index (χ1n) is 5.49. The van der Waals surface area contributed by atoms with Crippen LogP contribution in [-0.2, 0) is 4.74 Å². The van der Waals surface area contributed by atoms with Gasteiger partial charge in [0, 0.05) is 6.07 Å². The van der Waals surface area contributed by atoms with Crippen LogP contribution < -0.4 is 10.5 Å². The average Bonchev–Trinajstić information content (AvgIpc) is 2.25. The summed E-state index contributed by atoms with van der Waals surface area (Å²) in [7, 11) is 0. The minimum Gasteiger partial charge on any atom is -0.489 e. The minimum absolute atomic E-state index is 0.177. The summed E-state index contributed by atoms with van der Waals surface area (Å²) in [5.41, 5.74) is 6.62. The van der Waals surface area contributed by atoms with Crippen LogP contribution in [0.1, 0.15) is 26.3 Å². The van der Waals surface area contributed by atoms with Gasteiger partial charge in [0.15, 0.2) is 0 Å². The summed E-state index contributed by atoms with van der Waals surface area (Å²) in [4.78, 5) is 0. The topological polar surface area (TPSA) is 68.3 Å². The zero-order valence-corrected chi connectivity index (χ0v) is 10.5. The molecular formula is C13H18N2O2. The van der Waals surface area contributed by atoms with Crippen LogP contribution in [0.25, 0.3) is 0 Å². The number of ether oxygens (including phenoxy) is 2. The van der Waals surface area contributed by atoms with Gasteiger partial charge in [0.2, 0.25) is 0 Å². The molecule has 92 valence electrons. The van der Waals surface area contributed by atoms with Gasteiger partial charge in [0.25, 0.3) is 0 Å². The fourth-order valence-electron chi connectivity index (χ4n) is 1.23. The summed E-state index contributed by atoms with van der Waals surface area (Å²) in [6.07, 6.45) is 0. The van der Waals surface area contributed by atoms with Crippen LogP contribution >= 0.6 is 0 Å². The Balaban J connectivity index is 2.49. The Kier molecular flexibility index (Phi) is 4.36. The van der Waals surface area contributed by atoms with Crippen molar-refractivity contribution < 1.29 is 9.47 Å². The molecule has 0 bridgehead atoms. The van der Waals surface area contributed by atoms with Gasteiger partial charge in [-0.2, -0.15) is 5.26 Å². The van der Waals surface area contributed by atoms with Crippen LogP contribution in [0.15, 0.2) is 18.2 Å². The number of nitrogen functional groups attached to an aromatic ring is 1. The second kappa shape index (κ2) is 5.55. The first kappa shape index (κ1) is 13.3. The molecule has 1 aromatic rings. The summed E-state index contributed by atoms with van der Waals surface area (Å²) in [6.45, 7) is 6.85. The van der Waals surface area contributed by atoms with Gasteiger partial charge in [-0.3, -0.25) is 0 Å². The number of hydrogen-bond acceptors (Lipinski definition) is 4. The van der Waals surface area contributed by atoms with Gasteiger partial charge < -0.3 is 15.2 Å². The van der Waals surface area contributed by atoms with Crippen molar-refractivity contribution in [1.82, 2.24) is 0 Å². The molecule has 0 aliphatic heterocycles. The van der Waals surface area contributed by atoms with Gasteiger partial charge in [0.1, 0.15) is 12.4 Å². The van der Waals surface area contributed by atoms with E-state index in [1.54, 1.807) is 18.2 Å². The van der Waals surface area contributed by atoms with E-state index in [2.05, 4.69) is 0 Å². The third-order valence-electron chi connectivity index (χ3n) is 2.02. The Morgan fingerprint density at radius 3 is 2.59 bits per heavy atom. The first-order valence-corrected chi connectivity index (χ1v) is 5.49. The Hall–Kier alpha value is -1.73. The van der Waals surface area contributed by atoms with E-state index in [0.717, 1.165) is 0 Å². The predicted octanol–water partition coefficient (Wildman–Crippen LogP) is 2.33. The number of hydrogen-bond donors (Lipinski definition) is 1. The maximum absolute atomic E-state index is 8.76. The van der Waals surface area contributed by atoms with E-state index in [1.807, 2.05) is 26.8 Å². The minimum atomic E-state index is -0.177. The van der Waals surface area contributed by atoms with Gasteiger partial charge >= 0.3 is 0 Å². The molecule has 1 aromatic carbocycles. The molecule has 0 fully saturated rings. The van der Waals surface area contributed by atoms with E-state index in [9.17, 15) is 0 Å². The lowest BCUT2D eigenvalue weighted by Gasteiger charge is -2.19. The van der Waals surface area contributed by atoms with Crippen LogP contribution in [-0.4, -0.2) is 18.8 Å². The normalized spacial score (nSPS) is 10.9. The lowest BCUT2D eigenvalue weighted by molar-refractivity contribution is -0.0162. The number of nitrogens with zero attached hydrogens (tertiary/aromatic N) is 1. The van der Waals surface area contributed by atoms with Crippen LogP contribution in [0.2, 0.25) is 0 Å². The highest BCUT2D eigenvalue weighted by Crippen LogP contribution is 2.22. The molecule has 0 saturated heterocycles. The summed E-state index contributed by atoms with van der Waals surface area (Å²) in [5.74, 6) is 0.529. The third-order valence-corrected chi connectivity index (χ3v) is 2.02. The molecule has 0 heterocycles. The van der Waals surface area contributed by atoms with Crippen LogP contribution in [0.5, 0.6) is 5.75 Å². The van der Waals surface area contributed by atoms with Crippen molar-refractivity contribution in [3.63, 3.8) is 0 Å². The summed E-state index contributed by atoms with van der Waals surface area (Å²) < 4.78 is 11.0. The van der Waals surface area contributed by atoms with Crippen molar-refractivity contribution in [2.75, 3.05) is 18.9 Å². The maximum atomic E-state index is 8.76. The molecule has 17 heavy (non-hydrogen) atoms. The average molecular weight is 234 g/mol. The Morgan fingerprint density at radius 2 is 2.00 bits per heavy atom. The van der Waals surface area contributed by atoms with Crippen LogP contribution in [0, 0.1) is 11.3 Å². The summed E-state index contributed by atoms with van der Waals surface area (Å²) in [6, 6.07) is 7.00. The van der Waals surface area contributed by atoms with E-state index >= 15 is 0 Å². The van der Waals surface area contributed by atoms with E-state index in [4.69, 9.17) is 20.5 Å². The highest BCUT2D eigenvalue weighted by atomic mass is 16.5. The fraction of sp³-hybridized carbons (Fsp3) is 0.462. The number of nitriles is 1. The molecule has 0 aliphatic rings. The standard InChI is InChI=1S/C13H18N2O2/c1-13(2,3)17-7-6-16-12-8-10(9-14)4-5-11(12)15/h4-5,8H,6-7,15H2,1-3H3. The molecule has 0 saturated carbocycles. The van der Waals surface area contributed by atoms with E-state index in [-0.39, 0.29) is 5.60 Å². The first-order chi connectivity index (χ1) is 7.92. The van der Waals surface area contributed by atoms with Crippen LogP contribution in [0.3, 0.4) is 0 Å². The highest BCUT2D eigenvalue weighted by molar-refractivity contribution is 5.55. The molecule has 0 amide bonds. The van der Waals surface area contributed by atoms with Gasteiger partial charge in [0.05, 0.1) is 29.5 Å². The second-order valence-corrected chi connectivity index (χ2v) is 4.67. The van der Waals surface area contributed by atoms with E-state index in [1.165, 1.54) is 0 Å². The van der Waals surface area contributed by atoms with Gasteiger partial charge in [-0.1, -0.05) is 0 Å². The summed E-state index contributed by atoms with van der Waals surface area (Å²) in [5, 5.41) is 8.76. The van der Waals surface area contributed by atoms with E-state index in [0.29, 0.717) is 30.2 Å². The molecule has 4 heteroatoms. The van der Waals surface area contributed by atoms with Crippen molar-refractivity contribution in [3.05, 3.63) is 23.8 Å². The second-order valence-electron chi connectivity index (χ2n) is 4.67. The van der Waals surface area contributed by atoms with Crippen molar-refractivity contribution in [2.45, 2.75) is 26.4 Å². The van der Waals surface area contributed by atoms with Crippen molar-refractivity contribution in [2.24, 2.45) is 0 Å². The highest BCUT2D eigenvalue weighted by Gasteiger charge is 2.09. The third kappa shape index (κ3) is 4.75.